The Balaban J connectivity index is 2.15. The lowest BCUT2D eigenvalue weighted by molar-refractivity contribution is 0.102. The molecule has 0 radical (unpaired) electrons. The van der Waals surface area contributed by atoms with E-state index < -0.39 is 9.84 Å². The van der Waals surface area contributed by atoms with Gasteiger partial charge in [0, 0.05) is 25.0 Å². The fraction of sp³-hybridized carbons (Fsp3) is 0.381. The van der Waals surface area contributed by atoms with E-state index in [4.69, 9.17) is 4.74 Å². The maximum atomic E-state index is 12.6. The predicted octanol–water partition coefficient (Wildman–Crippen LogP) is 4.00. The van der Waals surface area contributed by atoms with E-state index in [0.717, 1.165) is 11.1 Å². The van der Waals surface area contributed by atoms with Crippen LogP contribution in [0.1, 0.15) is 34.8 Å². The molecule has 0 saturated heterocycles. The van der Waals surface area contributed by atoms with Crippen molar-refractivity contribution in [3.05, 3.63) is 59.2 Å². The molecule has 0 bridgehead atoms. The standard InChI is InChI=1S/C21H27NO4S/c1-15(10-11-26-4)14-27(24,25)20-7-5-6-18(13-20)21(23)22-19-9-8-16(2)17(3)12-19/h5-9,12-13,15H,10-11,14H2,1-4H3,(H,22,23). The largest absolute Gasteiger partial charge is 0.385 e. The number of ether oxygens (including phenoxy) is 1. The number of hydrogen-bond donors (Lipinski definition) is 1. The van der Waals surface area contributed by atoms with Gasteiger partial charge in [-0.15, -0.1) is 0 Å². The summed E-state index contributed by atoms with van der Waals surface area (Å²) in [5, 5.41) is 2.82. The molecule has 0 heterocycles. The van der Waals surface area contributed by atoms with E-state index >= 15 is 0 Å². The molecule has 1 unspecified atom stereocenters. The van der Waals surface area contributed by atoms with Crippen LogP contribution in [0.25, 0.3) is 0 Å². The minimum atomic E-state index is -3.47. The second-order valence-corrected chi connectivity index (χ2v) is 8.98. The third kappa shape index (κ3) is 5.91. The first-order valence-corrected chi connectivity index (χ1v) is 10.6. The number of aryl methyl sites for hydroxylation is 2. The smallest absolute Gasteiger partial charge is 0.255 e. The van der Waals surface area contributed by atoms with Crippen LogP contribution in [0.15, 0.2) is 47.4 Å². The molecule has 0 aliphatic heterocycles. The van der Waals surface area contributed by atoms with Crippen molar-refractivity contribution in [1.29, 1.82) is 0 Å². The minimum absolute atomic E-state index is 0.0250. The summed E-state index contributed by atoms with van der Waals surface area (Å²) in [6.45, 7) is 6.38. The van der Waals surface area contributed by atoms with E-state index in [0.29, 0.717) is 24.3 Å². The van der Waals surface area contributed by atoms with E-state index in [1.165, 1.54) is 12.1 Å². The lowest BCUT2D eigenvalue weighted by atomic mass is 10.1. The van der Waals surface area contributed by atoms with Gasteiger partial charge < -0.3 is 10.1 Å². The van der Waals surface area contributed by atoms with Crippen LogP contribution < -0.4 is 5.32 Å². The molecular formula is C21H27NO4S. The van der Waals surface area contributed by atoms with E-state index in [9.17, 15) is 13.2 Å². The van der Waals surface area contributed by atoms with E-state index in [1.807, 2.05) is 39.0 Å². The highest BCUT2D eigenvalue weighted by Gasteiger charge is 2.20. The monoisotopic (exact) mass is 389 g/mol. The zero-order valence-electron chi connectivity index (χ0n) is 16.3. The molecule has 0 fully saturated rings. The normalized spacial score (nSPS) is 12.6. The lowest BCUT2D eigenvalue weighted by Crippen LogP contribution is -2.17. The zero-order valence-corrected chi connectivity index (χ0v) is 17.1. The molecule has 1 N–H and O–H groups in total. The number of anilines is 1. The summed E-state index contributed by atoms with van der Waals surface area (Å²) in [4.78, 5) is 12.7. The van der Waals surface area contributed by atoms with Gasteiger partial charge in [-0.05, 0) is 67.6 Å². The van der Waals surface area contributed by atoms with Crippen molar-refractivity contribution in [3.8, 4) is 0 Å². The van der Waals surface area contributed by atoms with Crippen molar-refractivity contribution in [2.45, 2.75) is 32.1 Å². The summed E-state index contributed by atoms with van der Waals surface area (Å²) in [6, 6.07) is 11.8. The second-order valence-electron chi connectivity index (χ2n) is 6.95. The molecule has 2 aromatic rings. The Bertz CT molecular complexity index is 906. The number of nitrogens with one attached hydrogen (secondary N) is 1. The van der Waals surface area contributed by atoms with Crippen LogP contribution in [0.2, 0.25) is 0 Å². The van der Waals surface area contributed by atoms with Crippen LogP contribution in [0, 0.1) is 19.8 Å². The molecule has 1 amide bonds. The molecule has 0 aliphatic carbocycles. The number of rotatable bonds is 8. The van der Waals surface area contributed by atoms with Crippen molar-refractivity contribution in [3.63, 3.8) is 0 Å². The highest BCUT2D eigenvalue weighted by atomic mass is 32.2. The Morgan fingerprint density at radius 1 is 1.11 bits per heavy atom. The topological polar surface area (TPSA) is 72.5 Å². The summed E-state index contributed by atoms with van der Waals surface area (Å²) in [7, 11) is -1.87. The second kappa shape index (κ2) is 9.15. The van der Waals surface area contributed by atoms with Gasteiger partial charge in [0.2, 0.25) is 0 Å². The summed E-state index contributed by atoms with van der Waals surface area (Å²) >= 11 is 0. The number of carbonyl (C=O) groups is 1. The Morgan fingerprint density at radius 2 is 1.85 bits per heavy atom. The third-order valence-electron chi connectivity index (χ3n) is 4.54. The van der Waals surface area contributed by atoms with Gasteiger partial charge in [0.1, 0.15) is 0 Å². The van der Waals surface area contributed by atoms with Crippen molar-refractivity contribution >= 4 is 21.4 Å². The molecule has 5 nitrogen and oxygen atoms in total. The van der Waals surface area contributed by atoms with Gasteiger partial charge in [-0.25, -0.2) is 8.42 Å². The van der Waals surface area contributed by atoms with Crippen LogP contribution in [0.5, 0.6) is 0 Å². The van der Waals surface area contributed by atoms with Gasteiger partial charge in [-0.3, -0.25) is 4.79 Å². The zero-order chi connectivity index (χ0) is 20.0. The third-order valence-corrected chi connectivity index (χ3v) is 6.52. The predicted molar refractivity (Wildman–Crippen MR) is 108 cm³/mol. The molecule has 0 spiro atoms. The molecule has 0 saturated carbocycles. The molecular weight excluding hydrogens is 362 g/mol. The van der Waals surface area contributed by atoms with E-state index in [2.05, 4.69) is 5.32 Å². The fourth-order valence-electron chi connectivity index (χ4n) is 2.73. The molecule has 2 rings (SSSR count). The van der Waals surface area contributed by atoms with E-state index in [-0.39, 0.29) is 22.5 Å². The Kier molecular flexibility index (Phi) is 7.16. The van der Waals surface area contributed by atoms with Crippen LogP contribution >= 0.6 is 0 Å². The number of hydrogen-bond acceptors (Lipinski definition) is 4. The maximum Gasteiger partial charge on any atom is 0.255 e. The summed E-state index contributed by atoms with van der Waals surface area (Å²) in [5.41, 5.74) is 3.22. The Morgan fingerprint density at radius 3 is 2.52 bits per heavy atom. The van der Waals surface area contributed by atoms with Crippen LogP contribution in [0.3, 0.4) is 0 Å². The van der Waals surface area contributed by atoms with Gasteiger partial charge in [0.15, 0.2) is 9.84 Å². The number of methoxy groups -OCH3 is 1. The quantitative estimate of drug-likeness (QED) is 0.741. The maximum absolute atomic E-state index is 12.6. The lowest BCUT2D eigenvalue weighted by Gasteiger charge is -2.12. The average Bonchev–Trinajstić information content (AvgIpc) is 2.63. The molecule has 1 atom stereocenters. The van der Waals surface area contributed by atoms with Crippen molar-refractivity contribution in [1.82, 2.24) is 0 Å². The average molecular weight is 390 g/mol. The molecule has 146 valence electrons. The van der Waals surface area contributed by atoms with Crippen LogP contribution in [-0.2, 0) is 14.6 Å². The molecule has 0 aliphatic rings. The minimum Gasteiger partial charge on any atom is -0.385 e. The first-order chi connectivity index (χ1) is 12.7. The SMILES string of the molecule is COCCC(C)CS(=O)(=O)c1cccc(C(=O)Nc2ccc(C)c(C)c2)c1. The Labute approximate surface area is 161 Å². The van der Waals surface area contributed by atoms with Crippen molar-refractivity contribution in [2.24, 2.45) is 5.92 Å². The van der Waals surface area contributed by atoms with Crippen LogP contribution in [0.4, 0.5) is 5.69 Å². The molecule has 0 aromatic heterocycles. The number of benzene rings is 2. The van der Waals surface area contributed by atoms with Crippen LogP contribution in [-0.4, -0.2) is 33.8 Å². The number of carbonyl (C=O) groups excluding carboxylic acids is 1. The van der Waals surface area contributed by atoms with Gasteiger partial charge in [0.05, 0.1) is 10.6 Å². The molecule has 2 aromatic carbocycles. The van der Waals surface area contributed by atoms with Crippen molar-refractivity contribution < 1.29 is 17.9 Å². The number of sulfone groups is 1. The highest BCUT2D eigenvalue weighted by molar-refractivity contribution is 7.91. The molecule has 27 heavy (non-hydrogen) atoms. The van der Waals surface area contributed by atoms with Gasteiger partial charge in [0.25, 0.3) is 5.91 Å². The highest BCUT2D eigenvalue weighted by Crippen LogP contribution is 2.19. The molecule has 6 heteroatoms. The van der Waals surface area contributed by atoms with Gasteiger partial charge >= 0.3 is 0 Å². The van der Waals surface area contributed by atoms with Crippen molar-refractivity contribution in [2.75, 3.05) is 24.8 Å². The first kappa shape index (κ1) is 21.1. The van der Waals surface area contributed by atoms with Gasteiger partial charge in [-0.1, -0.05) is 19.1 Å². The number of amides is 1. The van der Waals surface area contributed by atoms with E-state index in [1.54, 1.807) is 19.2 Å². The summed E-state index contributed by atoms with van der Waals surface area (Å²) in [6.07, 6.45) is 0.669. The first-order valence-electron chi connectivity index (χ1n) is 8.93. The van der Waals surface area contributed by atoms with Gasteiger partial charge in [-0.2, -0.15) is 0 Å². The summed E-state index contributed by atoms with van der Waals surface area (Å²) in [5.74, 6) is -0.329. The Hall–Kier alpha value is -2.18. The fourth-order valence-corrected chi connectivity index (χ4v) is 4.43. The summed E-state index contributed by atoms with van der Waals surface area (Å²) < 4.78 is 30.3.